The number of anilines is 1. The van der Waals surface area contributed by atoms with Crippen LogP contribution in [0.1, 0.15) is 56.9 Å². The monoisotopic (exact) mass is 472 g/mol. The van der Waals surface area contributed by atoms with Gasteiger partial charge in [-0.3, -0.25) is 0 Å². The molecule has 1 aliphatic heterocycles. The van der Waals surface area contributed by atoms with Crippen molar-refractivity contribution in [1.29, 1.82) is 0 Å². The Morgan fingerprint density at radius 2 is 1.91 bits per heavy atom. The molecule has 2 fully saturated rings. The molecular formula is C24H36N6O4. The van der Waals surface area contributed by atoms with Gasteiger partial charge >= 0.3 is 6.03 Å². The van der Waals surface area contributed by atoms with Gasteiger partial charge in [-0.25, -0.2) is 19.7 Å². The number of amides is 2. The van der Waals surface area contributed by atoms with Gasteiger partial charge < -0.3 is 30.2 Å². The number of hydrogen-bond acceptors (Lipinski definition) is 8. The zero-order valence-electron chi connectivity index (χ0n) is 20.3. The van der Waals surface area contributed by atoms with Crippen molar-refractivity contribution in [3.63, 3.8) is 0 Å². The summed E-state index contributed by atoms with van der Waals surface area (Å²) in [6, 6.07) is 0.143. The summed E-state index contributed by atoms with van der Waals surface area (Å²) in [7, 11) is 3.32. The quantitative estimate of drug-likeness (QED) is 0.536. The number of aromatic nitrogens is 3. The van der Waals surface area contributed by atoms with E-state index in [1.165, 1.54) is 0 Å². The molecular weight excluding hydrogens is 436 g/mol. The highest BCUT2D eigenvalue weighted by molar-refractivity contribution is 5.86. The molecule has 4 rings (SSSR count). The van der Waals surface area contributed by atoms with Crippen molar-refractivity contribution in [1.82, 2.24) is 25.6 Å². The molecule has 0 spiro atoms. The zero-order valence-corrected chi connectivity index (χ0v) is 20.3. The first-order valence-electron chi connectivity index (χ1n) is 12.2. The number of carbonyl (C=O) groups excluding carboxylic acids is 1. The highest BCUT2D eigenvalue weighted by Gasteiger charge is 2.27. The lowest BCUT2D eigenvalue weighted by Crippen LogP contribution is -2.42. The van der Waals surface area contributed by atoms with Crippen LogP contribution in [-0.2, 0) is 9.47 Å². The van der Waals surface area contributed by atoms with Crippen LogP contribution in [0.25, 0.3) is 10.9 Å². The molecule has 1 saturated carbocycles. The van der Waals surface area contributed by atoms with E-state index < -0.39 is 0 Å². The molecule has 3 heterocycles. The SMILES string of the molecule is CNC(=O)N[C@H]1CC[C@H](c2cnc(OC3CCOCC3)c3cnc(N[C@@H](C)COC)nc32)CC1. The molecule has 2 aromatic rings. The average molecular weight is 473 g/mol. The van der Waals surface area contributed by atoms with E-state index >= 15 is 0 Å². The van der Waals surface area contributed by atoms with Crippen LogP contribution in [0.15, 0.2) is 12.4 Å². The van der Waals surface area contributed by atoms with Gasteiger partial charge in [-0.2, -0.15) is 0 Å². The third kappa shape index (κ3) is 6.04. The summed E-state index contributed by atoms with van der Waals surface area (Å²) in [5.74, 6) is 1.46. The van der Waals surface area contributed by atoms with Crippen LogP contribution >= 0.6 is 0 Å². The van der Waals surface area contributed by atoms with Crippen molar-refractivity contribution < 1.29 is 19.0 Å². The van der Waals surface area contributed by atoms with Gasteiger partial charge in [-0.05, 0) is 38.5 Å². The van der Waals surface area contributed by atoms with Crippen LogP contribution < -0.4 is 20.7 Å². The smallest absolute Gasteiger partial charge is 0.314 e. The average Bonchev–Trinajstić information content (AvgIpc) is 2.85. The largest absolute Gasteiger partial charge is 0.474 e. The van der Waals surface area contributed by atoms with Crippen LogP contribution in [0.3, 0.4) is 0 Å². The number of nitrogens with zero attached hydrogens (tertiary/aromatic N) is 3. The van der Waals surface area contributed by atoms with Crippen molar-refractivity contribution >= 4 is 22.9 Å². The minimum atomic E-state index is -0.126. The van der Waals surface area contributed by atoms with Gasteiger partial charge in [-0.15, -0.1) is 0 Å². The predicted molar refractivity (Wildman–Crippen MR) is 129 cm³/mol. The Labute approximate surface area is 200 Å². The molecule has 2 aromatic heterocycles. The summed E-state index contributed by atoms with van der Waals surface area (Å²) < 4.78 is 17.0. The van der Waals surface area contributed by atoms with Gasteiger partial charge in [0, 0.05) is 57.0 Å². The van der Waals surface area contributed by atoms with Crippen LogP contribution in [0, 0.1) is 0 Å². The number of urea groups is 1. The highest BCUT2D eigenvalue weighted by atomic mass is 16.5. The third-order valence-corrected chi connectivity index (χ3v) is 6.58. The number of methoxy groups -OCH3 is 1. The maximum absolute atomic E-state index is 11.7. The Morgan fingerprint density at radius 3 is 2.62 bits per heavy atom. The molecule has 0 bridgehead atoms. The van der Waals surface area contributed by atoms with Crippen molar-refractivity contribution in [3.8, 4) is 5.88 Å². The molecule has 0 aromatic carbocycles. The number of nitrogens with one attached hydrogen (secondary N) is 3. The number of ether oxygens (including phenoxy) is 3. The lowest BCUT2D eigenvalue weighted by molar-refractivity contribution is 0.0244. The molecule has 34 heavy (non-hydrogen) atoms. The maximum Gasteiger partial charge on any atom is 0.314 e. The van der Waals surface area contributed by atoms with Crippen molar-refractivity contribution in [2.75, 3.05) is 39.3 Å². The first-order valence-corrected chi connectivity index (χ1v) is 12.2. The summed E-state index contributed by atoms with van der Waals surface area (Å²) in [5, 5.41) is 9.82. The second-order valence-corrected chi connectivity index (χ2v) is 9.18. The first-order chi connectivity index (χ1) is 16.6. The molecule has 10 heteroatoms. The Balaban J connectivity index is 1.59. The molecule has 186 valence electrons. The van der Waals surface area contributed by atoms with E-state index in [1.54, 1.807) is 14.2 Å². The summed E-state index contributed by atoms with van der Waals surface area (Å²) in [6.07, 6.45) is 9.27. The lowest BCUT2D eigenvalue weighted by atomic mass is 9.81. The molecule has 2 aliphatic rings. The predicted octanol–water partition coefficient (Wildman–Crippen LogP) is 2.98. The lowest BCUT2D eigenvalue weighted by Gasteiger charge is -2.30. The number of fused-ring (bicyclic) bond motifs is 1. The Hall–Kier alpha value is -2.72. The van der Waals surface area contributed by atoms with E-state index in [0.717, 1.165) is 55.0 Å². The van der Waals surface area contributed by atoms with Gasteiger partial charge in [0.25, 0.3) is 0 Å². The fraction of sp³-hybridized carbons (Fsp3) is 0.667. The van der Waals surface area contributed by atoms with E-state index in [2.05, 4.69) is 20.9 Å². The summed E-state index contributed by atoms with van der Waals surface area (Å²) in [5.41, 5.74) is 1.99. The van der Waals surface area contributed by atoms with Gasteiger partial charge in [-0.1, -0.05) is 0 Å². The van der Waals surface area contributed by atoms with E-state index in [-0.39, 0.29) is 24.2 Å². The second-order valence-electron chi connectivity index (χ2n) is 9.18. The molecule has 1 aliphatic carbocycles. The summed E-state index contributed by atoms with van der Waals surface area (Å²) >= 11 is 0. The number of pyridine rings is 1. The van der Waals surface area contributed by atoms with Crippen LogP contribution in [0.4, 0.5) is 10.7 Å². The molecule has 1 saturated heterocycles. The summed E-state index contributed by atoms with van der Waals surface area (Å²) in [6.45, 7) is 4.00. The summed E-state index contributed by atoms with van der Waals surface area (Å²) in [4.78, 5) is 25.9. The van der Waals surface area contributed by atoms with Gasteiger partial charge in [0.1, 0.15) is 6.10 Å². The van der Waals surface area contributed by atoms with Crippen LogP contribution in [-0.4, -0.2) is 73.1 Å². The number of carbonyl (C=O) groups is 1. The minimum Gasteiger partial charge on any atom is -0.474 e. The highest BCUT2D eigenvalue weighted by Crippen LogP contribution is 2.38. The first kappa shape index (κ1) is 24.4. The minimum absolute atomic E-state index is 0.0805. The Kier molecular flexibility index (Phi) is 8.34. The molecule has 0 unspecified atom stereocenters. The fourth-order valence-electron chi connectivity index (χ4n) is 4.75. The Morgan fingerprint density at radius 1 is 1.15 bits per heavy atom. The standard InChI is InChI=1S/C24H36N6O4/c1-15(14-32-3)28-23-27-13-20-21(30-23)19(12-26-22(20)34-18-8-10-33-11-9-18)16-4-6-17(7-5-16)29-24(31)25-2/h12-13,15-18H,4-11,14H2,1-3H3,(H2,25,29,31)(H,27,28,30)/t15-,16-,17-/m0/s1. The number of hydrogen-bond donors (Lipinski definition) is 3. The molecule has 10 nitrogen and oxygen atoms in total. The molecule has 0 radical (unpaired) electrons. The molecule has 2 amide bonds. The van der Waals surface area contributed by atoms with Crippen LogP contribution in [0.2, 0.25) is 0 Å². The third-order valence-electron chi connectivity index (χ3n) is 6.58. The van der Waals surface area contributed by atoms with E-state index in [9.17, 15) is 4.79 Å². The fourth-order valence-corrected chi connectivity index (χ4v) is 4.75. The van der Waals surface area contributed by atoms with Crippen molar-refractivity contribution in [3.05, 3.63) is 18.0 Å². The van der Waals surface area contributed by atoms with E-state index in [0.29, 0.717) is 37.6 Å². The number of rotatable bonds is 8. The van der Waals surface area contributed by atoms with Crippen molar-refractivity contribution in [2.24, 2.45) is 0 Å². The van der Waals surface area contributed by atoms with Crippen LogP contribution in [0.5, 0.6) is 5.88 Å². The van der Waals surface area contributed by atoms with Gasteiger partial charge in [0.05, 0.1) is 30.7 Å². The van der Waals surface area contributed by atoms with Crippen molar-refractivity contribution in [2.45, 2.75) is 69.6 Å². The van der Waals surface area contributed by atoms with Gasteiger partial charge in [0.15, 0.2) is 0 Å². The van der Waals surface area contributed by atoms with E-state index in [4.69, 9.17) is 24.2 Å². The zero-order chi connectivity index (χ0) is 23.9. The molecule has 3 N–H and O–H groups in total. The topological polar surface area (TPSA) is 120 Å². The van der Waals surface area contributed by atoms with E-state index in [1.807, 2.05) is 19.3 Å². The maximum atomic E-state index is 11.7. The molecule has 1 atom stereocenters. The normalized spacial score (nSPS) is 22.2. The second kappa shape index (κ2) is 11.6. The van der Waals surface area contributed by atoms with Gasteiger partial charge in [0.2, 0.25) is 11.8 Å². The Bertz CT molecular complexity index is 960.